The maximum atomic E-state index is 12.8. The van der Waals surface area contributed by atoms with Crippen molar-refractivity contribution in [3.8, 4) is 0 Å². The van der Waals surface area contributed by atoms with Gasteiger partial charge in [0.15, 0.2) is 0 Å². The summed E-state index contributed by atoms with van der Waals surface area (Å²) in [6.07, 6.45) is 4.39. The van der Waals surface area contributed by atoms with E-state index in [1.165, 1.54) is 4.68 Å². The Balaban J connectivity index is 1.38. The predicted molar refractivity (Wildman–Crippen MR) is 102 cm³/mol. The molecule has 1 aromatic carbocycles. The average Bonchev–Trinajstić information content (AvgIpc) is 3.21. The van der Waals surface area contributed by atoms with Crippen LogP contribution in [-0.4, -0.2) is 49.5 Å². The normalized spacial score (nSPS) is 25.1. The Morgan fingerprint density at radius 3 is 2.61 bits per heavy atom. The fourth-order valence-corrected chi connectivity index (χ4v) is 4.50. The molecule has 1 amide bonds. The topological polar surface area (TPSA) is 105 Å². The number of rotatable bonds is 4. The summed E-state index contributed by atoms with van der Waals surface area (Å²) in [5, 5.41) is 18.0. The van der Waals surface area contributed by atoms with E-state index in [2.05, 4.69) is 10.3 Å². The van der Waals surface area contributed by atoms with Crippen molar-refractivity contribution in [3.05, 3.63) is 34.6 Å². The molecule has 148 valence electrons. The van der Waals surface area contributed by atoms with E-state index in [0.717, 1.165) is 32.1 Å². The van der Waals surface area contributed by atoms with E-state index < -0.39 is 12.0 Å². The van der Waals surface area contributed by atoms with Gasteiger partial charge in [0.25, 0.3) is 5.56 Å². The van der Waals surface area contributed by atoms with E-state index in [9.17, 15) is 19.5 Å². The number of hydrogen-bond donors (Lipinski definition) is 1. The van der Waals surface area contributed by atoms with Crippen LogP contribution in [0.3, 0.4) is 0 Å². The van der Waals surface area contributed by atoms with E-state index in [1.807, 2.05) is 12.1 Å². The van der Waals surface area contributed by atoms with Gasteiger partial charge in [-0.1, -0.05) is 17.3 Å². The molecular weight excluding hydrogens is 360 g/mol. The molecule has 1 unspecified atom stereocenters. The molecule has 1 atom stereocenters. The molecule has 0 spiro atoms. The quantitative estimate of drug-likeness (QED) is 0.860. The molecule has 2 aromatic rings. The van der Waals surface area contributed by atoms with Crippen molar-refractivity contribution in [1.29, 1.82) is 0 Å². The molecule has 28 heavy (non-hydrogen) atoms. The first-order valence-corrected chi connectivity index (χ1v) is 9.90. The van der Waals surface area contributed by atoms with E-state index in [1.54, 1.807) is 17.0 Å². The van der Waals surface area contributed by atoms with E-state index in [-0.39, 0.29) is 23.3 Å². The number of carbonyl (C=O) groups is 2. The number of hydrogen-bond acceptors (Lipinski definition) is 5. The Morgan fingerprint density at radius 2 is 1.86 bits per heavy atom. The lowest BCUT2D eigenvalue weighted by molar-refractivity contribution is -0.150. The molecule has 0 bridgehead atoms. The molecule has 1 N–H and O–H groups in total. The Kier molecular flexibility index (Phi) is 5.11. The van der Waals surface area contributed by atoms with Gasteiger partial charge in [-0.05, 0) is 56.6 Å². The minimum absolute atomic E-state index is 0.0222. The first-order valence-electron chi connectivity index (χ1n) is 9.90. The van der Waals surface area contributed by atoms with E-state index in [4.69, 9.17) is 0 Å². The number of carboxylic acid groups (broad SMARTS) is 1. The zero-order chi connectivity index (χ0) is 19.7. The second-order valence-corrected chi connectivity index (χ2v) is 7.84. The third-order valence-electron chi connectivity index (χ3n) is 6.08. The fourth-order valence-electron chi connectivity index (χ4n) is 4.50. The highest BCUT2D eigenvalue weighted by Gasteiger charge is 2.38. The molecule has 1 aromatic heterocycles. The number of carboxylic acids is 1. The molecular formula is C20H24N4O4. The Bertz CT molecular complexity index is 949. The largest absolute Gasteiger partial charge is 0.480 e. The van der Waals surface area contributed by atoms with Crippen molar-refractivity contribution in [1.82, 2.24) is 19.9 Å². The van der Waals surface area contributed by atoms with Gasteiger partial charge in [-0.3, -0.25) is 9.59 Å². The summed E-state index contributed by atoms with van der Waals surface area (Å²) >= 11 is 0. The zero-order valence-electron chi connectivity index (χ0n) is 15.7. The van der Waals surface area contributed by atoms with Crippen LogP contribution in [0.15, 0.2) is 29.1 Å². The van der Waals surface area contributed by atoms with Crippen molar-refractivity contribution < 1.29 is 14.7 Å². The third kappa shape index (κ3) is 3.50. The van der Waals surface area contributed by atoms with Gasteiger partial charge in [0.2, 0.25) is 5.91 Å². The van der Waals surface area contributed by atoms with Crippen LogP contribution in [0.4, 0.5) is 0 Å². The standard InChI is InChI=1S/C20H24N4O4/c25-18(23-11-3-6-17(23)20(27)28)14-9-7-13(8-10-14)12-24-19(26)15-4-1-2-5-16(15)21-22-24/h1-2,4-5,13-14,17H,3,6-12H2,(H,27,28). The van der Waals surface area contributed by atoms with Crippen molar-refractivity contribution >= 4 is 22.8 Å². The molecule has 2 heterocycles. The summed E-state index contributed by atoms with van der Waals surface area (Å²) in [5.74, 6) is -0.776. The highest BCUT2D eigenvalue weighted by Crippen LogP contribution is 2.32. The first-order chi connectivity index (χ1) is 13.5. The molecule has 0 radical (unpaired) electrons. The summed E-state index contributed by atoms with van der Waals surface area (Å²) in [6.45, 7) is 1.04. The third-order valence-corrected chi connectivity index (χ3v) is 6.08. The number of carbonyl (C=O) groups excluding carboxylic acids is 1. The minimum Gasteiger partial charge on any atom is -0.480 e. The Labute approximate surface area is 162 Å². The van der Waals surface area contributed by atoms with Crippen molar-refractivity contribution in [2.75, 3.05) is 6.54 Å². The van der Waals surface area contributed by atoms with Gasteiger partial charge >= 0.3 is 5.97 Å². The minimum atomic E-state index is -0.909. The molecule has 1 aliphatic heterocycles. The highest BCUT2D eigenvalue weighted by molar-refractivity contribution is 5.85. The lowest BCUT2D eigenvalue weighted by Gasteiger charge is -2.32. The summed E-state index contributed by atoms with van der Waals surface area (Å²) in [7, 11) is 0. The second-order valence-electron chi connectivity index (χ2n) is 7.84. The van der Waals surface area contributed by atoms with Crippen molar-refractivity contribution in [2.24, 2.45) is 11.8 Å². The summed E-state index contributed by atoms with van der Waals surface area (Å²) < 4.78 is 1.43. The maximum Gasteiger partial charge on any atom is 0.326 e. The number of likely N-dealkylation sites (tertiary alicyclic amines) is 1. The molecule has 8 heteroatoms. The van der Waals surface area contributed by atoms with Crippen LogP contribution in [0.5, 0.6) is 0 Å². The van der Waals surface area contributed by atoms with Crippen LogP contribution in [0.25, 0.3) is 10.9 Å². The number of nitrogens with zero attached hydrogens (tertiary/aromatic N) is 4. The van der Waals surface area contributed by atoms with Crippen LogP contribution < -0.4 is 5.56 Å². The van der Waals surface area contributed by atoms with E-state index in [0.29, 0.717) is 30.4 Å². The van der Waals surface area contributed by atoms with Crippen molar-refractivity contribution in [3.63, 3.8) is 0 Å². The van der Waals surface area contributed by atoms with Crippen LogP contribution in [0.2, 0.25) is 0 Å². The Hall–Kier alpha value is -2.77. The SMILES string of the molecule is O=C(O)C1CCCN1C(=O)C1CCC(Cn2nnc3ccccc3c2=O)CC1. The lowest BCUT2D eigenvalue weighted by atomic mass is 9.81. The number of benzene rings is 1. The van der Waals surface area contributed by atoms with Gasteiger partial charge in [-0.2, -0.15) is 0 Å². The zero-order valence-corrected chi connectivity index (χ0v) is 15.7. The fraction of sp³-hybridized carbons (Fsp3) is 0.550. The van der Waals surface area contributed by atoms with Gasteiger partial charge in [-0.15, -0.1) is 5.10 Å². The molecule has 1 saturated carbocycles. The number of fused-ring (bicyclic) bond motifs is 1. The summed E-state index contributed by atoms with van der Waals surface area (Å²) in [5.41, 5.74) is 0.460. The average molecular weight is 384 g/mol. The number of aromatic nitrogens is 3. The smallest absolute Gasteiger partial charge is 0.326 e. The Morgan fingerprint density at radius 1 is 1.11 bits per heavy atom. The van der Waals surface area contributed by atoms with Crippen LogP contribution in [0, 0.1) is 11.8 Å². The molecule has 1 saturated heterocycles. The van der Waals surface area contributed by atoms with Gasteiger partial charge in [0.1, 0.15) is 11.6 Å². The molecule has 1 aliphatic carbocycles. The number of amides is 1. The highest BCUT2D eigenvalue weighted by atomic mass is 16.4. The second kappa shape index (κ2) is 7.69. The van der Waals surface area contributed by atoms with Crippen LogP contribution in [0.1, 0.15) is 38.5 Å². The van der Waals surface area contributed by atoms with Crippen molar-refractivity contribution in [2.45, 2.75) is 51.1 Å². The van der Waals surface area contributed by atoms with Gasteiger partial charge in [-0.25, -0.2) is 9.48 Å². The molecule has 4 rings (SSSR count). The van der Waals surface area contributed by atoms with Gasteiger partial charge in [0.05, 0.1) is 5.39 Å². The summed E-state index contributed by atoms with van der Waals surface area (Å²) in [4.78, 5) is 38.2. The molecule has 8 nitrogen and oxygen atoms in total. The van der Waals surface area contributed by atoms with E-state index >= 15 is 0 Å². The summed E-state index contributed by atoms with van der Waals surface area (Å²) in [6, 6.07) is 6.50. The number of aliphatic carboxylic acids is 1. The van der Waals surface area contributed by atoms with Crippen LogP contribution >= 0.6 is 0 Å². The van der Waals surface area contributed by atoms with Gasteiger partial charge < -0.3 is 10.0 Å². The monoisotopic (exact) mass is 384 g/mol. The molecule has 2 fully saturated rings. The molecule has 2 aliphatic rings. The first kappa shape index (κ1) is 18.6. The maximum absolute atomic E-state index is 12.8. The van der Waals surface area contributed by atoms with Crippen LogP contribution in [-0.2, 0) is 16.1 Å². The predicted octanol–water partition coefficient (Wildman–Crippen LogP) is 1.67. The lowest BCUT2D eigenvalue weighted by Crippen LogP contribution is -2.44. The van der Waals surface area contributed by atoms with Gasteiger partial charge in [0, 0.05) is 19.0 Å².